The van der Waals surface area contributed by atoms with Gasteiger partial charge in [-0.2, -0.15) is 0 Å². The fourth-order valence-electron chi connectivity index (χ4n) is 1.40. The number of anilines is 1. The highest BCUT2D eigenvalue weighted by Crippen LogP contribution is 2.31. The summed E-state index contributed by atoms with van der Waals surface area (Å²) >= 11 is 10.2. The van der Waals surface area contributed by atoms with Crippen molar-refractivity contribution >= 4 is 54.6 Å². The van der Waals surface area contributed by atoms with Crippen LogP contribution in [-0.4, -0.2) is 13.4 Å². The van der Waals surface area contributed by atoms with E-state index in [2.05, 4.69) is 25.6 Å². The predicted molar refractivity (Wildman–Crippen MR) is 81.5 cm³/mol. The molecule has 0 amide bonds. The first-order valence-electron chi connectivity index (χ1n) is 5.21. The van der Waals surface area contributed by atoms with E-state index in [1.165, 1.54) is 0 Å². The number of halogens is 2. The molecule has 102 valence electrons. The Hall–Kier alpha value is -0.630. The second kappa shape index (κ2) is 5.40. The van der Waals surface area contributed by atoms with Crippen LogP contribution in [0.5, 0.6) is 0 Å². The Labute approximate surface area is 129 Å². The van der Waals surface area contributed by atoms with Gasteiger partial charge in [0.25, 0.3) is 10.0 Å². The van der Waals surface area contributed by atoms with Gasteiger partial charge in [-0.3, -0.25) is 4.72 Å². The van der Waals surface area contributed by atoms with Gasteiger partial charge in [0.2, 0.25) is 0 Å². The average Bonchev–Trinajstić information content (AvgIpc) is 2.64. The van der Waals surface area contributed by atoms with Crippen molar-refractivity contribution in [3.63, 3.8) is 0 Å². The summed E-state index contributed by atoms with van der Waals surface area (Å²) in [6.07, 6.45) is 0. The summed E-state index contributed by atoms with van der Waals surface area (Å²) < 4.78 is 28.2. The minimum Gasteiger partial charge on any atom is -0.277 e. The summed E-state index contributed by atoms with van der Waals surface area (Å²) in [5.41, 5.74) is 1.79. The molecule has 2 rings (SSSR count). The summed E-state index contributed by atoms with van der Waals surface area (Å²) in [7, 11) is -3.62. The lowest BCUT2D eigenvalue weighted by Crippen LogP contribution is -2.12. The van der Waals surface area contributed by atoms with E-state index >= 15 is 0 Å². The molecule has 0 radical (unpaired) electrons. The molecule has 4 nitrogen and oxygen atoms in total. The molecule has 2 aromatic heterocycles. The maximum atomic E-state index is 12.2. The van der Waals surface area contributed by atoms with Gasteiger partial charge in [-0.25, -0.2) is 13.4 Å². The van der Waals surface area contributed by atoms with Crippen molar-refractivity contribution < 1.29 is 8.42 Å². The van der Waals surface area contributed by atoms with Crippen molar-refractivity contribution in [2.24, 2.45) is 0 Å². The molecule has 0 atom stereocenters. The number of pyridine rings is 1. The number of thiophene rings is 1. The summed E-state index contributed by atoms with van der Waals surface area (Å²) in [5.74, 6) is 0. The van der Waals surface area contributed by atoms with Gasteiger partial charge < -0.3 is 0 Å². The number of nitrogens with one attached hydrogen (secondary N) is 1. The molecule has 0 saturated carbocycles. The quantitative estimate of drug-likeness (QED) is 0.818. The number of aryl methyl sites for hydroxylation is 2. The van der Waals surface area contributed by atoms with Gasteiger partial charge in [0.1, 0.15) is 8.81 Å². The zero-order valence-corrected chi connectivity index (χ0v) is 14.0. The Bertz CT molecular complexity index is 709. The molecule has 0 spiro atoms. The van der Waals surface area contributed by atoms with Crippen molar-refractivity contribution in [2.45, 2.75) is 18.1 Å². The first-order valence-corrected chi connectivity index (χ1v) is 8.68. The summed E-state index contributed by atoms with van der Waals surface area (Å²) in [5, 5.41) is 0. The largest absolute Gasteiger partial charge is 0.277 e. The smallest absolute Gasteiger partial charge is 0.271 e. The maximum Gasteiger partial charge on any atom is 0.271 e. The molecule has 0 aliphatic heterocycles. The molecule has 0 aliphatic rings. The number of sulfonamides is 1. The van der Waals surface area contributed by atoms with Crippen LogP contribution in [0.2, 0.25) is 4.34 Å². The molecule has 2 heterocycles. The number of hydrogen-bond donors (Lipinski definition) is 1. The SMILES string of the molecule is Cc1cc(S(=O)(=O)Nc2ccc(Br)nc2C)sc1Cl. The summed E-state index contributed by atoms with van der Waals surface area (Å²) in [6, 6.07) is 4.89. The highest BCUT2D eigenvalue weighted by molar-refractivity contribution is 9.10. The fourth-order valence-corrected chi connectivity index (χ4v) is 4.62. The lowest BCUT2D eigenvalue weighted by Gasteiger charge is -2.08. The van der Waals surface area contributed by atoms with Crippen molar-refractivity contribution in [1.29, 1.82) is 0 Å². The molecule has 19 heavy (non-hydrogen) atoms. The molecular formula is C11H10BrClN2O2S2. The molecule has 2 aromatic rings. The Morgan fingerprint density at radius 1 is 1.37 bits per heavy atom. The molecule has 0 aliphatic carbocycles. The van der Waals surface area contributed by atoms with Crippen molar-refractivity contribution in [3.8, 4) is 0 Å². The Morgan fingerprint density at radius 3 is 2.58 bits per heavy atom. The van der Waals surface area contributed by atoms with E-state index in [0.29, 0.717) is 20.3 Å². The van der Waals surface area contributed by atoms with Crippen LogP contribution in [-0.2, 0) is 10.0 Å². The van der Waals surface area contributed by atoms with E-state index in [0.717, 1.165) is 16.9 Å². The van der Waals surface area contributed by atoms with Crippen LogP contribution in [0.1, 0.15) is 11.3 Å². The lowest BCUT2D eigenvalue weighted by atomic mass is 10.3. The van der Waals surface area contributed by atoms with Crippen molar-refractivity contribution in [3.05, 3.63) is 38.4 Å². The van der Waals surface area contributed by atoms with Gasteiger partial charge in [-0.1, -0.05) is 11.6 Å². The monoisotopic (exact) mass is 380 g/mol. The number of rotatable bonds is 3. The summed E-state index contributed by atoms with van der Waals surface area (Å²) in [6.45, 7) is 3.50. The minimum atomic E-state index is -3.62. The van der Waals surface area contributed by atoms with Crippen LogP contribution in [0.4, 0.5) is 5.69 Å². The van der Waals surface area contributed by atoms with Crippen LogP contribution < -0.4 is 4.72 Å². The Morgan fingerprint density at radius 2 is 2.05 bits per heavy atom. The Kier molecular flexibility index (Phi) is 4.20. The second-order valence-electron chi connectivity index (χ2n) is 3.89. The van der Waals surface area contributed by atoms with Gasteiger partial charge in [0, 0.05) is 0 Å². The third kappa shape index (κ3) is 3.28. The average molecular weight is 382 g/mol. The topological polar surface area (TPSA) is 59.1 Å². The zero-order valence-electron chi connectivity index (χ0n) is 10.1. The van der Waals surface area contributed by atoms with Gasteiger partial charge in [-0.15, -0.1) is 11.3 Å². The molecule has 0 bridgehead atoms. The van der Waals surface area contributed by atoms with Crippen LogP contribution in [0.3, 0.4) is 0 Å². The molecule has 0 aromatic carbocycles. The predicted octanol–water partition coefficient (Wildman–Crippen LogP) is 3.98. The van der Waals surface area contributed by atoms with Gasteiger partial charge in [0.15, 0.2) is 0 Å². The van der Waals surface area contributed by atoms with Crippen LogP contribution in [0.15, 0.2) is 27.0 Å². The lowest BCUT2D eigenvalue weighted by molar-refractivity contribution is 0.603. The van der Waals surface area contributed by atoms with Gasteiger partial charge in [-0.05, 0) is 53.5 Å². The molecule has 0 fully saturated rings. The second-order valence-corrected chi connectivity index (χ2v) is 8.27. The number of aromatic nitrogens is 1. The van der Waals surface area contributed by atoms with E-state index in [1.54, 1.807) is 32.0 Å². The summed E-state index contributed by atoms with van der Waals surface area (Å²) in [4.78, 5) is 4.14. The number of hydrogen-bond acceptors (Lipinski definition) is 4. The number of nitrogens with zero attached hydrogens (tertiary/aromatic N) is 1. The van der Waals surface area contributed by atoms with Crippen molar-refractivity contribution in [1.82, 2.24) is 4.98 Å². The standard InChI is InChI=1S/C11H10BrClN2O2S2/c1-6-5-10(18-11(6)13)19(16,17)15-8-3-4-9(12)14-7(8)2/h3-5,15H,1-2H3. The highest BCUT2D eigenvalue weighted by Gasteiger charge is 2.19. The molecule has 0 unspecified atom stereocenters. The van der Waals surface area contributed by atoms with Gasteiger partial charge in [0.05, 0.1) is 15.7 Å². The molecule has 8 heteroatoms. The first-order chi connectivity index (χ1) is 8.79. The van der Waals surface area contributed by atoms with E-state index in [1.807, 2.05) is 0 Å². The molecular weight excluding hydrogens is 372 g/mol. The third-order valence-corrected chi connectivity index (χ3v) is 6.23. The molecule has 1 N–H and O–H groups in total. The van der Waals surface area contributed by atoms with E-state index in [-0.39, 0.29) is 4.21 Å². The normalized spacial score (nSPS) is 11.6. The van der Waals surface area contributed by atoms with Crippen LogP contribution in [0.25, 0.3) is 0 Å². The van der Waals surface area contributed by atoms with E-state index < -0.39 is 10.0 Å². The Balaban J connectivity index is 2.36. The minimum absolute atomic E-state index is 0.192. The van der Waals surface area contributed by atoms with Crippen molar-refractivity contribution in [2.75, 3.05) is 4.72 Å². The zero-order chi connectivity index (χ0) is 14.2. The fraction of sp³-hybridized carbons (Fsp3) is 0.182. The van der Waals surface area contributed by atoms with Crippen LogP contribution in [0, 0.1) is 13.8 Å². The third-order valence-electron chi connectivity index (χ3n) is 2.40. The molecule has 0 saturated heterocycles. The van der Waals surface area contributed by atoms with Gasteiger partial charge >= 0.3 is 0 Å². The van der Waals surface area contributed by atoms with E-state index in [9.17, 15) is 8.42 Å². The maximum absolute atomic E-state index is 12.2. The van der Waals surface area contributed by atoms with E-state index in [4.69, 9.17) is 11.6 Å². The van der Waals surface area contributed by atoms with Crippen LogP contribution >= 0.6 is 38.9 Å². The highest BCUT2D eigenvalue weighted by atomic mass is 79.9. The first kappa shape index (κ1) is 14.8.